The summed E-state index contributed by atoms with van der Waals surface area (Å²) in [5, 5.41) is 4.93. The van der Waals surface area contributed by atoms with Gasteiger partial charge in [0.15, 0.2) is 0 Å². The standard InChI is InChI=1S/C8H18N2O2S/c1-7(2)8-3-4-10(8)5-6-13(9,11)12/h7-8H,3-6H2,1-2H3,(H2,9,11,12). The second-order valence-electron chi connectivity index (χ2n) is 4.00. The number of primary sulfonamides is 1. The molecule has 1 heterocycles. The molecule has 0 aromatic carbocycles. The van der Waals surface area contributed by atoms with Crippen molar-refractivity contribution in [1.29, 1.82) is 0 Å². The smallest absolute Gasteiger partial charge is 0.210 e. The lowest BCUT2D eigenvalue weighted by Gasteiger charge is -2.43. The first-order valence-electron chi connectivity index (χ1n) is 4.64. The normalized spacial score (nSPS) is 24.8. The molecule has 1 atom stereocenters. The summed E-state index contributed by atoms with van der Waals surface area (Å²) < 4.78 is 21.4. The molecule has 0 amide bonds. The van der Waals surface area contributed by atoms with Crippen molar-refractivity contribution < 1.29 is 8.42 Å². The van der Waals surface area contributed by atoms with Crippen LogP contribution >= 0.6 is 0 Å². The van der Waals surface area contributed by atoms with Gasteiger partial charge in [-0.3, -0.25) is 4.90 Å². The highest BCUT2D eigenvalue weighted by Gasteiger charge is 2.30. The van der Waals surface area contributed by atoms with E-state index in [-0.39, 0.29) is 5.75 Å². The van der Waals surface area contributed by atoms with Gasteiger partial charge in [-0.25, -0.2) is 13.6 Å². The van der Waals surface area contributed by atoms with E-state index < -0.39 is 10.0 Å². The summed E-state index contributed by atoms with van der Waals surface area (Å²) >= 11 is 0. The fourth-order valence-electron chi connectivity index (χ4n) is 1.74. The third-order valence-corrected chi connectivity index (χ3v) is 3.37. The minimum absolute atomic E-state index is 0.0796. The van der Waals surface area contributed by atoms with Crippen molar-refractivity contribution in [2.45, 2.75) is 26.3 Å². The van der Waals surface area contributed by atoms with E-state index in [1.165, 1.54) is 6.42 Å². The summed E-state index contributed by atoms with van der Waals surface area (Å²) in [4.78, 5) is 2.19. The molecule has 0 aromatic rings. The van der Waals surface area contributed by atoms with Crippen LogP contribution in [-0.2, 0) is 10.0 Å². The fourth-order valence-corrected chi connectivity index (χ4v) is 2.23. The number of hydrogen-bond donors (Lipinski definition) is 1. The van der Waals surface area contributed by atoms with Crippen LogP contribution in [0.15, 0.2) is 0 Å². The van der Waals surface area contributed by atoms with Gasteiger partial charge in [0, 0.05) is 12.6 Å². The minimum Gasteiger partial charge on any atom is -0.299 e. The highest BCUT2D eigenvalue weighted by atomic mass is 32.2. The van der Waals surface area contributed by atoms with E-state index in [1.807, 2.05) is 0 Å². The molecule has 2 N–H and O–H groups in total. The van der Waals surface area contributed by atoms with E-state index in [2.05, 4.69) is 18.7 Å². The molecule has 5 heteroatoms. The second kappa shape index (κ2) is 3.94. The van der Waals surface area contributed by atoms with Gasteiger partial charge in [-0.1, -0.05) is 13.8 Å². The molecule has 0 aliphatic carbocycles. The molecule has 1 aliphatic heterocycles. The summed E-state index contributed by atoms with van der Waals surface area (Å²) in [6.07, 6.45) is 1.18. The highest BCUT2D eigenvalue weighted by molar-refractivity contribution is 7.89. The van der Waals surface area contributed by atoms with E-state index in [1.54, 1.807) is 0 Å². The molecule has 1 rings (SSSR count). The van der Waals surface area contributed by atoms with Gasteiger partial charge in [-0.2, -0.15) is 0 Å². The van der Waals surface area contributed by atoms with E-state index in [4.69, 9.17) is 5.14 Å². The van der Waals surface area contributed by atoms with E-state index in [0.717, 1.165) is 6.54 Å². The maximum absolute atomic E-state index is 10.7. The van der Waals surface area contributed by atoms with Crippen molar-refractivity contribution in [1.82, 2.24) is 4.90 Å². The van der Waals surface area contributed by atoms with Crippen molar-refractivity contribution in [3.63, 3.8) is 0 Å². The van der Waals surface area contributed by atoms with Crippen molar-refractivity contribution in [3.8, 4) is 0 Å². The minimum atomic E-state index is -3.29. The molecule has 4 nitrogen and oxygen atoms in total. The monoisotopic (exact) mass is 206 g/mol. The molecule has 0 radical (unpaired) electrons. The summed E-state index contributed by atoms with van der Waals surface area (Å²) in [6, 6.07) is 0.557. The zero-order valence-electron chi connectivity index (χ0n) is 8.23. The predicted molar refractivity (Wildman–Crippen MR) is 52.8 cm³/mol. The predicted octanol–water partition coefficient (Wildman–Crippen LogP) is 0.00520. The average Bonchev–Trinajstić information content (AvgIpc) is 1.79. The Morgan fingerprint density at radius 2 is 2.15 bits per heavy atom. The van der Waals surface area contributed by atoms with Crippen LogP contribution in [0, 0.1) is 5.92 Å². The lowest BCUT2D eigenvalue weighted by Crippen LogP contribution is -2.52. The average molecular weight is 206 g/mol. The first-order valence-corrected chi connectivity index (χ1v) is 6.36. The first-order chi connectivity index (χ1) is 5.90. The van der Waals surface area contributed by atoms with Gasteiger partial charge in [0.2, 0.25) is 10.0 Å². The maximum atomic E-state index is 10.7. The summed E-state index contributed by atoms with van der Waals surface area (Å²) in [5.74, 6) is 0.685. The molecule has 0 spiro atoms. The Kier molecular flexibility index (Phi) is 3.32. The Morgan fingerprint density at radius 3 is 2.46 bits per heavy atom. The van der Waals surface area contributed by atoms with Crippen LogP contribution in [-0.4, -0.2) is 38.2 Å². The van der Waals surface area contributed by atoms with Gasteiger partial charge in [-0.05, 0) is 18.9 Å². The third-order valence-electron chi connectivity index (χ3n) is 2.61. The molecule has 13 heavy (non-hydrogen) atoms. The summed E-state index contributed by atoms with van der Waals surface area (Å²) in [7, 11) is -3.29. The van der Waals surface area contributed by atoms with Crippen LogP contribution in [0.2, 0.25) is 0 Å². The summed E-state index contributed by atoms with van der Waals surface area (Å²) in [5.41, 5.74) is 0. The molecule has 0 bridgehead atoms. The maximum Gasteiger partial charge on any atom is 0.210 e. The van der Waals surface area contributed by atoms with Gasteiger partial charge in [0.1, 0.15) is 0 Å². The van der Waals surface area contributed by atoms with Gasteiger partial charge < -0.3 is 0 Å². The number of rotatable bonds is 4. The Labute approximate surface area is 80.1 Å². The zero-order chi connectivity index (χ0) is 10.1. The molecular formula is C8H18N2O2S. The number of likely N-dealkylation sites (tertiary alicyclic amines) is 1. The molecule has 1 aliphatic rings. The largest absolute Gasteiger partial charge is 0.299 e. The van der Waals surface area contributed by atoms with Crippen LogP contribution in [0.25, 0.3) is 0 Å². The summed E-state index contributed by atoms with van der Waals surface area (Å²) in [6.45, 7) is 5.92. The van der Waals surface area contributed by atoms with Gasteiger partial charge >= 0.3 is 0 Å². The Hall–Kier alpha value is -0.130. The Bertz CT molecular complexity index is 261. The van der Waals surface area contributed by atoms with Crippen molar-refractivity contribution in [2.75, 3.05) is 18.8 Å². The van der Waals surface area contributed by atoms with Crippen LogP contribution < -0.4 is 5.14 Å². The number of sulfonamides is 1. The van der Waals surface area contributed by atoms with Crippen molar-refractivity contribution in [2.24, 2.45) is 11.1 Å². The Balaban J connectivity index is 2.31. The van der Waals surface area contributed by atoms with Gasteiger partial charge in [0.05, 0.1) is 5.75 Å². The van der Waals surface area contributed by atoms with Crippen LogP contribution in [0.1, 0.15) is 20.3 Å². The second-order valence-corrected chi connectivity index (χ2v) is 5.74. The van der Waals surface area contributed by atoms with E-state index >= 15 is 0 Å². The molecule has 1 saturated heterocycles. The van der Waals surface area contributed by atoms with E-state index in [0.29, 0.717) is 18.5 Å². The third kappa shape index (κ3) is 3.25. The molecule has 0 saturated carbocycles. The topological polar surface area (TPSA) is 63.4 Å². The highest BCUT2D eigenvalue weighted by Crippen LogP contribution is 2.23. The van der Waals surface area contributed by atoms with Gasteiger partial charge in [-0.15, -0.1) is 0 Å². The van der Waals surface area contributed by atoms with Crippen LogP contribution in [0.4, 0.5) is 0 Å². The molecule has 1 unspecified atom stereocenters. The number of nitrogens with zero attached hydrogens (tertiary/aromatic N) is 1. The molecule has 0 aromatic heterocycles. The lowest BCUT2D eigenvalue weighted by atomic mass is 9.92. The van der Waals surface area contributed by atoms with E-state index in [9.17, 15) is 8.42 Å². The van der Waals surface area contributed by atoms with Gasteiger partial charge in [0.25, 0.3) is 0 Å². The van der Waals surface area contributed by atoms with Crippen LogP contribution in [0.3, 0.4) is 0 Å². The SMILES string of the molecule is CC(C)C1CCN1CCS(N)(=O)=O. The number of hydrogen-bond acceptors (Lipinski definition) is 3. The first kappa shape index (κ1) is 10.9. The van der Waals surface area contributed by atoms with Crippen molar-refractivity contribution >= 4 is 10.0 Å². The van der Waals surface area contributed by atoms with Crippen LogP contribution in [0.5, 0.6) is 0 Å². The zero-order valence-corrected chi connectivity index (χ0v) is 9.05. The molecular weight excluding hydrogens is 188 g/mol. The Morgan fingerprint density at radius 1 is 1.54 bits per heavy atom. The number of nitrogens with two attached hydrogens (primary N) is 1. The lowest BCUT2D eigenvalue weighted by molar-refractivity contribution is 0.0632. The quantitative estimate of drug-likeness (QED) is 0.704. The fraction of sp³-hybridized carbons (Fsp3) is 1.00. The van der Waals surface area contributed by atoms with Crippen molar-refractivity contribution in [3.05, 3.63) is 0 Å². The molecule has 78 valence electrons. The molecule has 1 fully saturated rings.